The molecular formula is C36H37N3O4. The van der Waals surface area contributed by atoms with Crippen molar-refractivity contribution in [2.75, 3.05) is 20.1 Å². The van der Waals surface area contributed by atoms with Gasteiger partial charge in [-0.15, -0.1) is 0 Å². The maximum Gasteiger partial charge on any atom is 0.231 e. The lowest BCUT2D eigenvalue weighted by atomic mass is 10.1. The van der Waals surface area contributed by atoms with Crippen LogP contribution in [0, 0.1) is 0 Å². The minimum atomic E-state index is 0.227. The molecule has 3 heterocycles. The molecule has 7 nitrogen and oxygen atoms in total. The van der Waals surface area contributed by atoms with E-state index < -0.39 is 0 Å². The molecule has 1 aromatic heterocycles. The van der Waals surface area contributed by atoms with Gasteiger partial charge in [0.2, 0.25) is 13.6 Å². The van der Waals surface area contributed by atoms with E-state index in [0.29, 0.717) is 5.76 Å². The van der Waals surface area contributed by atoms with Gasteiger partial charge in [-0.2, -0.15) is 0 Å². The van der Waals surface area contributed by atoms with Crippen molar-refractivity contribution < 1.29 is 18.9 Å². The zero-order valence-corrected chi connectivity index (χ0v) is 24.6. The van der Waals surface area contributed by atoms with Gasteiger partial charge >= 0.3 is 0 Å². The number of fused-ring (bicyclic) bond motifs is 1. The van der Waals surface area contributed by atoms with Crippen LogP contribution in [-0.4, -0.2) is 34.6 Å². The average molecular weight is 576 g/mol. The Labute approximate surface area is 253 Å². The second-order valence-corrected chi connectivity index (χ2v) is 10.5. The Hall–Kier alpha value is -4.75. The fraction of sp³-hybridized carbons (Fsp3) is 0.250. The van der Waals surface area contributed by atoms with Crippen LogP contribution in [0.25, 0.3) is 22.6 Å². The Morgan fingerprint density at radius 2 is 1.56 bits per heavy atom. The molecule has 3 aromatic carbocycles. The fourth-order valence-electron chi connectivity index (χ4n) is 5.51. The van der Waals surface area contributed by atoms with Crippen molar-refractivity contribution in [2.45, 2.75) is 39.4 Å². The molecular weight excluding hydrogens is 538 g/mol. The van der Waals surface area contributed by atoms with Crippen LogP contribution in [0.2, 0.25) is 0 Å². The summed E-state index contributed by atoms with van der Waals surface area (Å²) in [4.78, 5) is 7.76. The Morgan fingerprint density at radius 1 is 0.837 bits per heavy atom. The highest BCUT2D eigenvalue weighted by molar-refractivity contribution is 5.68. The SMILES string of the molecule is C=CC1=C(/C=C\CCN(Cc2ccc3c(c2)OCO3)Cc2c(-c3ccccc3)nc(-c3ccccc3)n2CCC)OCO1. The van der Waals surface area contributed by atoms with Gasteiger partial charge in [0.1, 0.15) is 5.82 Å². The number of aromatic nitrogens is 2. The zero-order chi connectivity index (χ0) is 29.4. The van der Waals surface area contributed by atoms with Gasteiger partial charge in [-0.05, 0) is 42.7 Å². The van der Waals surface area contributed by atoms with E-state index in [9.17, 15) is 0 Å². The average Bonchev–Trinajstić information content (AvgIpc) is 3.79. The summed E-state index contributed by atoms with van der Waals surface area (Å²) in [6, 6.07) is 27.2. The van der Waals surface area contributed by atoms with Gasteiger partial charge in [-0.1, -0.05) is 86.3 Å². The molecule has 0 radical (unpaired) electrons. The summed E-state index contributed by atoms with van der Waals surface area (Å²) in [6.07, 6.45) is 7.63. The molecule has 0 aliphatic carbocycles. The number of nitrogens with zero attached hydrogens (tertiary/aromatic N) is 3. The Bertz CT molecular complexity index is 1610. The highest BCUT2D eigenvalue weighted by Gasteiger charge is 2.22. The molecule has 220 valence electrons. The highest BCUT2D eigenvalue weighted by atomic mass is 16.7. The van der Waals surface area contributed by atoms with E-state index >= 15 is 0 Å². The molecule has 0 spiro atoms. The second-order valence-electron chi connectivity index (χ2n) is 10.5. The predicted molar refractivity (Wildman–Crippen MR) is 168 cm³/mol. The van der Waals surface area contributed by atoms with Crippen LogP contribution in [0.5, 0.6) is 11.5 Å². The second kappa shape index (κ2) is 13.5. The van der Waals surface area contributed by atoms with Crippen molar-refractivity contribution in [1.29, 1.82) is 0 Å². The lowest BCUT2D eigenvalue weighted by molar-refractivity contribution is 0.0778. The maximum absolute atomic E-state index is 5.69. The van der Waals surface area contributed by atoms with E-state index in [-0.39, 0.29) is 13.6 Å². The third-order valence-corrected chi connectivity index (χ3v) is 7.55. The first kappa shape index (κ1) is 28.4. The van der Waals surface area contributed by atoms with Crippen molar-refractivity contribution in [3.63, 3.8) is 0 Å². The van der Waals surface area contributed by atoms with Crippen molar-refractivity contribution in [1.82, 2.24) is 14.5 Å². The molecule has 2 aliphatic heterocycles. The standard InChI is InChI=1S/C36H37N3O4/c1-3-20-39-30(35(28-13-7-5-8-14-28)37-36(39)29-15-9-6-10-16-29)24-38(21-12-11-17-32-31(4-2)40-25-41-32)23-27-18-19-33-34(22-27)43-26-42-33/h4-11,13-19,22H,2-3,12,20-21,23-26H2,1H3/b17-11-. The van der Waals surface area contributed by atoms with Gasteiger partial charge in [-0.3, -0.25) is 4.90 Å². The minimum absolute atomic E-state index is 0.227. The van der Waals surface area contributed by atoms with Gasteiger partial charge in [0, 0.05) is 37.3 Å². The molecule has 4 aromatic rings. The summed E-state index contributed by atoms with van der Waals surface area (Å²) < 4.78 is 24.7. The third kappa shape index (κ3) is 6.52. The highest BCUT2D eigenvalue weighted by Crippen LogP contribution is 2.34. The first-order valence-corrected chi connectivity index (χ1v) is 14.8. The van der Waals surface area contributed by atoms with Crippen LogP contribution < -0.4 is 9.47 Å². The van der Waals surface area contributed by atoms with E-state index in [0.717, 1.165) is 78.9 Å². The molecule has 0 fully saturated rings. The summed E-state index contributed by atoms with van der Waals surface area (Å²) in [5, 5.41) is 0. The van der Waals surface area contributed by atoms with Crippen LogP contribution in [0.3, 0.4) is 0 Å². The van der Waals surface area contributed by atoms with Crippen LogP contribution in [-0.2, 0) is 29.1 Å². The molecule has 0 saturated heterocycles. The molecule has 0 atom stereocenters. The number of allylic oxidation sites excluding steroid dienone is 2. The smallest absolute Gasteiger partial charge is 0.231 e. The van der Waals surface area contributed by atoms with Crippen molar-refractivity contribution >= 4 is 0 Å². The molecule has 0 N–H and O–H groups in total. The minimum Gasteiger partial charge on any atom is -0.454 e. The maximum atomic E-state index is 5.69. The van der Waals surface area contributed by atoms with Crippen molar-refractivity contribution in [3.05, 3.63) is 126 Å². The Kier molecular flexibility index (Phi) is 8.90. The van der Waals surface area contributed by atoms with E-state index in [1.165, 1.54) is 11.3 Å². The molecule has 0 amide bonds. The molecule has 43 heavy (non-hydrogen) atoms. The first-order chi connectivity index (χ1) is 21.2. The van der Waals surface area contributed by atoms with Crippen LogP contribution in [0.15, 0.2) is 115 Å². The summed E-state index contributed by atoms with van der Waals surface area (Å²) in [6.45, 7) is 9.71. The summed E-state index contributed by atoms with van der Waals surface area (Å²) in [7, 11) is 0. The zero-order valence-electron chi connectivity index (χ0n) is 24.6. The van der Waals surface area contributed by atoms with E-state index in [2.05, 4.69) is 95.8 Å². The van der Waals surface area contributed by atoms with Gasteiger partial charge in [0.15, 0.2) is 23.0 Å². The van der Waals surface area contributed by atoms with Crippen molar-refractivity contribution in [2.24, 2.45) is 0 Å². The number of imidazole rings is 1. The van der Waals surface area contributed by atoms with Gasteiger partial charge in [0.05, 0.1) is 11.4 Å². The summed E-state index contributed by atoms with van der Waals surface area (Å²) >= 11 is 0. The summed E-state index contributed by atoms with van der Waals surface area (Å²) in [5.41, 5.74) is 5.64. The van der Waals surface area contributed by atoms with E-state index in [1.54, 1.807) is 6.08 Å². The summed E-state index contributed by atoms with van der Waals surface area (Å²) in [5.74, 6) is 3.99. The van der Waals surface area contributed by atoms with Crippen molar-refractivity contribution in [3.8, 4) is 34.1 Å². The Morgan fingerprint density at radius 3 is 2.33 bits per heavy atom. The Balaban J connectivity index is 1.35. The van der Waals surface area contributed by atoms with E-state index in [1.807, 2.05) is 18.2 Å². The third-order valence-electron chi connectivity index (χ3n) is 7.55. The number of ether oxygens (including phenoxy) is 4. The van der Waals surface area contributed by atoms with E-state index in [4.69, 9.17) is 23.9 Å². The van der Waals surface area contributed by atoms with Gasteiger partial charge in [0.25, 0.3) is 0 Å². The lowest BCUT2D eigenvalue weighted by Crippen LogP contribution is -2.26. The van der Waals surface area contributed by atoms with Gasteiger partial charge < -0.3 is 23.5 Å². The first-order valence-electron chi connectivity index (χ1n) is 14.8. The fourth-order valence-corrected chi connectivity index (χ4v) is 5.51. The molecule has 0 bridgehead atoms. The van der Waals surface area contributed by atoms with Crippen LogP contribution in [0.1, 0.15) is 31.0 Å². The lowest BCUT2D eigenvalue weighted by Gasteiger charge is -2.24. The topological polar surface area (TPSA) is 58.0 Å². The van der Waals surface area contributed by atoms with Gasteiger partial charge in [-0.25, -0.2) is 4.98 Å². The number of hydrogen-bond donors (Lipinski definition) is 0. The molecule has 0 unspecified atom stereocenters. The molecule has 7 heteroatoms. The monoisotopic (exact) mass is 575 g/mol. The van der Waals surface area contributed by atoms with Crippen LogP contribution in [0.4, 0.5) is 0 Å². The number of hydrogen-bond acceptors (Lipinski definition) is 6. The number of benzene rings is 3. The molecule has 0 saturated carbocycles. The predicted octanol–water partition coefficient (Wildman–Crippen LogP) is 7.71. The van der Waals surface area contributed by atoms with Crippen LogP contribution >= 0.6 is 0 Å². The molecule has 2 aliphatic rings. The number of rotatable bonds is 13. The quantitative estimate of drug-likeness (QED) is 0.163. The normalized spacial score (nSPS) is 14.0. The largest absolute Gasteiger partial charge is 0.454 e. The molecule has 6 rings (SSSR count).